The summed E-state index contributed by atoms with van der Waals surface area (Å²) in [6, 6.07) is 6.92. The number of carbonyl (C=O) groups excluding carboxylic acids is 1. The highest BCUT2D eigenvalue weighted by Crippen LogP contribution is 2.42. The summed E-state index contributed by atoms with van der Waals surface area (Å²) in [6.07, 6.45) is -2.93. The van der Waals surface area contributed by atoms with Crippen LogP contribution < -0.4 is 4.43 Å². The van der Waals surface area contributed by atoms with E-state index in [4.69, 9.17) is 4.43 Å². The SMILES string of the molecule is COC(=O)[C@@H](O)[C@H](O)c1ccc(O[Si](C(C)C)(C(C)C)C(C)C)cc1. The van der Waals surface area contributed by atoms with Crippen molar-refractivity contribution in [1.29, 1.82) is 0 Å². The molecule has 2 N–H and O–H groups in total. The molecule has 0 saturated heterocycles. The van der Waals surface area contributed by atoms with Gasteiger partial charge in [0.05, 0.1) is 7.11 Å². The van der Waals surface area contributed by atoms with Crippen LogP contribution in [0.5, 0.6) is 5.75 Å². The van der Waals surface area contributed by atoms with Gasteiger partial charge in [-0.05, 0) is 34.3 Å². The molecule has 0 unspecified atom stereocenters. The minimum Gasteiger partial charge on any atom is -0.543 e. The number of rotatable bonds is 8. The topological polar surface area (TPSA) is 76.0 Å². The maximum atomic E-state index is 11.4. The maximum absolute atomic E-state index is 11.4. The van der Waals surface area contributed by atoms with Gasteiger partial charge in [-0.3, -0.25) is 0 Å². The van der Waals surface area contributed by atoms with Crippen LogP contribution in [0, 0.1) is 0 Å². The molecule has 0 aromatic heterocycles. The van der Waals surface area contributed by atoms with Gasteiger partial charge in [-0.2, -0.15) is 0 Å². The third kappa shape index (κ3) is 4.62. The summed E-state index contributed by atoms with van der Waals surface area (Å²) in [5, 5.41) is 19.9. The lowest BCUT2D eigenvalue weighted by molar-refractivity contribution is -0.156. The van der Waals surface area contributed by atoms with Crippen molar-refractivity contribution in [3.05, 3.63) is 29.8 Å². The second kappa shape index (κ2) is 8.83. The summed E-state index contributed by atoms with van der Waals surface area (Å²) in [4.78, 5) is 11.4. The van der Waals surface area contributed by atoms with Crippen LogP contribution in [-0.4, -0.2) is 37.7 Å². The van der Waals surface area contributed by atoms with Gasteiger partial charge in [-0.25, -0.2) is 4.79 Å². The second-order valence-electron chi connectivity index (χ2n) is 7.40. The van der Waals surface area contributed by atoms with Gasteiger partial charge in [0, 0.05) is 0 Å². The van der Waals surface area contributed by atoms with Crippen molar-refractivity contribution in [2.45, 2.75) is 70.4 Å². The molecule has 1 aromatic rings. The molecular formula is C19H32O5Si. The maximum Gasteiger partial charge on any atom is 0.337 e. The number of methoxy groups -OCH3 is 1. The minimum absolute atomic E-state index is 0.441. The Balaban J connectivity index is 3.04. The molecule has 5 nitrogen and oxygen atoms in total. The van der Waals surface area contributed by atoms with Crippen molar-refractivity contribution in [2.24, 2.45) is 0 Å². The molecule has 1 rings (SSSR count). The molecule has 0 aliphatic heterocycles. The molecular weight excluding hydrogens is 336 g/mol. The molecule has 0 fully saturated rings. The molecule has 0 heterocycles. The molecule has 142 valence electrons. The van der Waals surface area contributed by atoms with E-state index in [2.05, 4.69) is 46.3 Å². The van der Waals surface area contributed by atoms with Gasteiger partial charge in [-0.1, -0.05) is 53.7 Å². The van der Waals surface area contributed by atoms with E-state index in [0.717, 1.165) is 5.75 Å². The predicted octanol–water partition coefficient (Wildman–Crippen LogP) is 3.81. The molecule has 0 amide bonds. The lowest BCUT2D eigenvalue weighted by Gasteiger charge is -2.42. The minimum atomic E-state index is -2.04. The zero-order chi connectivity index (χ0) is 19.4. The van der Waals surface area contributed by atoms with Crippen LogP contribution in [0.15, 0.2) is 24.3 Å². The first-order valence-corrected chi connectivity index (χ1v) is 10.9. The van der Waals surface area contributed by atoms with E-state index < -0.39 is 26.5 Å². The van der Waals surface area contributed by atoms with Crippen LogP contribution in [0.4, 0.5) is 0 Å². The Bertz CT molecular complexity index is 532. The fourth-order valence-corrected chi connectivity index (χ4v) is 8.97. The Morgan fingerprint density at radius 3 is 1.72 bits per heavy atom. The van der Waals surface area contributed by atoms with E-state index in [1.54, 1.807) is 24.3 Å². The average molecular weight is 369 g/mol. The molecule has 6 heteroatoms. The molecule has 0 radical (unpaired) electrons. The zero-order valence-electron chi connectivity index (χ0n) is 16.3. The van der Waals surface area contributed by atoms with Crippen LogP contribution >= 0.6 is 0 Å². The lowest BCUT2D eigenvalue weighted by Crippen LogP contribution is -2.50. The number of hydrogen-bond donors (Lipinski definition) is 2. The van der Waals surface area contributed by atoms with Crippen molar-refractivity contribution in [3.63, 3.8) is 0 Å². The zero-order valence-corrected chi connectivity index (χ0v) is 17.3. The van der Waals surface area contributed by atoms with Crippen molar-refractivity contribution < 1.29 is 24.2 Å². The quantitative estimate of drug-likeness (QED) is 0.539. The third-order valence-corrected chi connectivity index (χ3v) is 11.0. The number of esters is 1. The van der Waals surface area contributed by atoms with Gasteiger partial charge in [0.25, 0.3) is 8.32 Å². The highest BCUT2D eigenvalue weighted by molar-refractivity contribution is 6.78. The van der Waals surface area contributed by atoms with Gasteiger partial charge in [0.2, 0.25) is 0 Å². The Labute approximate surface area is 152 Å². The summed E-state index contributed by atoms with van der Waals surface area (Å²) in [7, 11) is -0.875. The number of ether oxygens (including phenoxy) is 1. The molecule has 1 aromatic carbocycles. The van der Waals surface area contributed by atoms with E-state index in [9.17, 15) is 15.0 Å². The summed E-state index contributed by atoms with van der Waals surface area (Å²) in [5.74, 6) is -0.107. The van der Waals surface area contributed by atoms with Gasteiger partial charge in [0.15, 0.2) is 6.10 Å². The van der Waals surface area contributed by atoms with Crippen LogP contribution in [0.1, 0.15) is 53.2 Å². The first-order chi connectivity index (χ1) is 11.6. The number of aliphatic hydroxyl groups excluding tert-OH is 2. The summed E-state index contributed by atoms with van der Waals surface area (Å²) >= 11 is 0. The Kier molecular flexibility index (Phi) is 7.65. The smallest absolute Gasteiger partial charge is 0.337 e. The number of benzene rings is 1. The molecule has 25 heavy (non-hydrogen) atoms. The van der Waals surface area contributed by atoms with E-state index in [1.165, 1.54) is 7.11 Å². The Hall–Kier alpha value is -1.37. The third-order valence-electron chi connectivity index (χ3n) is 4.97. The standard InChI is InChI=1S/C19H32O5Si/c1-12(2)25(13(3)4,14(5)6)24-16-10-8-15(9-11-16)17(20)18(21)19(22)23-7/h8-14,17-18,20-21H,1-7H3/t17-,18+/m1/s1. The van der Waals surface area contributed by atoms with E-state index in [0.29, 0.717) is 22.2 Å². The van der Waals surface area contributed by atoms with Gasteiger partial charge in [0.1, 0.15) is 11.9 Å². The van der Waals surface area contributed by atoms with Crippen molar-refractivity contribution in [1.82, 2.24) is 0 Å². The van der Waals surface area contributed by atoms with Crippen LogP contribution in [0.25, 0.3) is 0 Å². The van der Waals surface area contributed by atoms with Gasteiger partial charge in [-0.15, -0.1) is 0 Å². The van der Waals surface area contributed by atoms with Crippen molar-refractivity contribution in [3.8, 4) is 5.75 Å². The summed E-state index contributed by atoms with van der Waals surface area (Å²) in [5.41, 5.74) is 1.81. The van der Waals surface area contributed by atoms with Crippen LogP contribution in [-0.2, 0) is 9.53 Å². The molecule has 2 atom stereocenters. The van der Waals surface area contributed by atoms with Gasteiger partial charge >= 0.3 is 5.97 Å². The number of aliphatic hydroxyl groups is 2. The second-order valence-corrected chi connectivity index (χ2v) is 12.8. The highest BCUT2D eigenvalue weighted by atomic mass is 28.4. The van der Waals surface area contributed by atoms with E-state index in [-0.39, 0.29) is 0 Å². The van der Waals surface area contributed by atoms with Crippen LogP contribution in [0.2, 0.25) is 16.6 Å². The largest absolute Gasteiger partial charge is 0.543 e. The first-order valence-electron chi connectivity index (χ1n) is 8.80. The Morgan fingerprint density at radius 1 is 0.920 bits per heavy atom. The molecule has 0 aliphatic rings. The van der Waals surface area contributed by atoms with Gasteiger partial charge < -0.3 is 19.4 Å². The van der Waals surface area contributed by atoms with Crippen molar-refractivity contribution >= 4 is 14.3 Å². The molecule has 0 spiro atoms. The lowest BCUT2D eigenvalue weighted by atomic mass is 10.0. The summed E-state index contributed by atoms with van der Waals surface area (Å²) in [6.45, 7) is 13.3. The monoisotopic (exact) mass is 368 g/mol. The van der Waals surface area contributed by atoms with E-state index >= 15 is 0 Å². The molecule has 0 aliphatic carbocycles. The Morgan fingerprint density at radius 2 is 1.36 bits per heavy atom. The van der Waals surface area contributed by atoms with Crippen molar-refractivity contribution in [2.75, 3.05) is 7.11 Å². The summed E-state index contributed by atoms with van der Waals surface area (Å²) < 4.78 is 11.0. The molecule has 0 bridgehead atoms. The number of carbonyl (C=O) groups is 1. The fraction of sp³-hybridized carbons (Fsp3) is 0.632. The average Bonchev–Trinajstić information content (AvgIpc) is 2.57. The first kappa shape index (κ1) is 21.7. The highest BCUT2D eigenvalue weighted by Gasteiger charge is 2.47. The van der Waals surface area contributed by atoms with E-state index in [1.807, 2.05) is 0 Å². The normalized spacial score (nSPS) is 14.7. The molecule has 0 saturated carbocycles. The fourth-order valence-electron chi connectivity index (χ4n) is 3.72. The predicted molar refractivity (Wildman–Crippen MR) is 101 cm³/mol. The van der Waals surface area contributed by atoms with Crippen LogP contribution in [0.3, 0.4) is 0 Å². The number of hydrogen-bond acceptors (Lipinski definition) is 5.